The van der Waals surface area contributed by atoms with Gasteiger partial charge in [0.15, 0.2) is 0 Å². The fourth-order valence-corrected chi connectivity index (χ4v) is 2.94. The van der Waals surface area contributed by atoms with Gasteiger partial charge in [0.25, 0.3) is 0 Å². The minimum atomic E-state index is -0.861. The van der Waals surface area contributed by atoms with Crippen molar-refractivity contribution in [1.82, 2.24) is 0 Å². The Morgan fingerprint density at radius 1 is 1.24 bits per heavy atom. The predicted octanol–water partition coefficient (Wildman–Crippen LogP) is 3.64. The number of carbonyl (C=O) groups excluding carboxylic acids is 1. The van der Waals surface area contributed by atoms with Gasteiger partial charge < -0.3 is 10.4 Å². The zero-order chi connectivity index (χ0) is 15.4. The predicted molar refractivity (Wildman–Crippen MR) is 82.2 cm³/mol. The molecule has 2 N–H and O–H groups in total. The molecule has 1 aliphatic rings. The van der Waals surface area contributed by atoms with E-state index in [9.17, 15) is 9.59 Å². The van der Waals surface area contributed by atoms with E-state index < -0.39 is 17.8 Å². The second-order valence-electron chi connectivity index (χ2n) is 5.90. The number of carboxylic acids is 1. The van der Waals surface area contributed by atoms with Crippen molar-refractivity contribution in [2.75, 3.05) is 5.32 Å². The molecule has 0 aliphatic heterocycles. The van der Waals surface area contributed by atoms with E-state index in [-0.39, 0.29) is 5.91 Å². The number of anilines is 1. The van der Waals surface area contributed by atoms with Crippen LogP contribution in [0.4, 0.5) is 5.69 Å². The molecule has 0 bridgehead atoms. The molecule has 1 amide bonds. The minimum absolute atomic E-state index is 0.170. The molecule has 4 heteroatoms. The highest BCUT2D eigenvalue weighted by molar-refractivity contribution is 5.95. The molecule has 3 unspecified atom stereocenters. The molecule has 0 aromatic heterocycles. The highest BCUT2D eigenvalue weighted by Gasteiger charge is 2.37. The van der Waals surface area contributed by atoms with E-state index >= 15 is 0 Å². The van der Waals surface area contributed by atoms with Gasteiger partial charge in [-0.15, -0.1) is 0 Å². The van der Waals surface area contributed by atoms with E-state index in [2.05, 4.69) is 19.2 Å². The molecule has 3 atom stereocenters. The lowest BCUT2D eigenvalue weighted by Gasteiger charge is -2.16. The van der Waals surface area contributed by atoms with Crippen molar-refractivity contribution in [3.63, 3.8) is 0 Å². The third kappa shape index (κ3) is 3.63. The Morgan fingerprint density at radius 3 is 2.43 bits per heavy atom. The maximum Gasteiger partial charge on any atom is 0.307 e. The first kappa shape index (κ1) is 15.5. The zero-order valence-electron chi connectivity index (χ0n) is 12.6. The Bertz CT molecular complexity index is 509. The molecule has 21 heavy (non-hydrogen) atoms. The molecular formula is C17H23NO3. The Labute approximate surface area is 125 Å². The second kappa shape index (κ2) is 6.74. The zero-order valence-corrected chi connectivity index (χ0v) is 12.6. The Balaban J connectivity index is 2.01. The van der Waals surface area contributed by atoms with Gasteiger partial charge in [-0.2, -0.15) is 0 Å². The molecule has 2 rings (SSSR count). The topological polar surface area (TPSA) is 66.4 Å². The number of rotatable bonds is 5. The Morgan fingerprint density at radius 2 is 1.86 bits per heavy atom. The van der Waals surface area contributed by atoms with Crippen LogP contribution in [0.1, 0.15) is 51.0 Å². The largest absolute Gasteiger partial charge is 0.481 e. The van der Waals surface area contributed by atoms with Crippen LogP contribution in [0.25, 0.3) is 0 Å². The van der Waals surface area contributed by atoms with Gasteiger partial charge in [-0.05, 0) is 42.9 Å². The van der Waals surface area contributed by atoms with Crippen LogP contribution < -0.4 is 5.32 Å². The van der Waals surface area contributed by atoms with Crippen LogP contribution in [-0.2, 0) is 9.59 Å². The van der Waals surface area contributed by atoms with Crippen LogP contribution in [0.5, 0.6) is 0 Å². The summed E-state index contributed by atoms with van der Waals surface area (Å²) in [6.45, 7) is 4.32. The van der Waals surface area contributed by atoms with Crippen molar-refractivity contribution in [2.24, 2.45) is 11.8 Å². The SMILES string of the molecule is CCC(C)c1ccc(NC(=O)C2CCCC2C(=O)O)cc1. The number of benzene rings is 1. The van der Waals surface area contributed by atoms with Gasteiger partial charge >= 0.3 is 5.97 Å². The van der Waals surface area contributed by atoms with Crippen LogP contribution in [0.2, 0.25) is 0 Å². The van der Waals surface area contributed by atoms with Gasteiger partial charge in [0.05, 0.1) is 11.8 Å². The van der Waals surface area contributed by atoms with Crippen LogP contribution >= 0.6 is 0 Å². The fourth-order valence-electron chi connectivity index (χ4n) is 2.94. The number of hydrogen-bond donors (Lipinski definition) is 2. The summed E-state index contributed by atoms with van der Waals surface area (Å²) in [7, 11) is 0. The van der Waals surface area contributed by atoms with Crippen molar-refractivity contribution in [1.29, 1.82) is 0 Å². The van der Waals surface area contributed by atoms with Crippen LogP contribution in [0, 0.1) is 11.8 Å². The Kier molecular flexibility index (Phi) is 4.99. The molecule has 0 radical (unpaired) electrons. The smallest absolute Gasteiger partial charge is 0.307 e. The summed E-state index contributed by atoms with van der Waals surface area (Å²) < 4.78 is 0. The quantitative estimate of drug-likeness (QED) is 0.869. The van der Waals surface area contributed by atoms with Crippen molar-refractivity contribution >= 4 is 17.6 Å². The molecule has 0 heterocycles. The average Bonchev–Trinajstić information content (AvgIpc) is 2.97. The first-order valence-corrected chi connectivity index (χ1v) is 7.66. The first-order chi connectivity index (χ1) is 10.0. The summed E-state index contributed by atoms with van der Waals surface area (Å²) in [4.78, 5) is 23.4. The summed E-state index contributed by atoms with van der Waals surface area (Å²) in [5, 5.41) is 12.0. The number of nitrogens with one attached hydrogen (secondary N) is 1. The van der Waals surface area contributed by atoms with E-state index in [4.69, 9.17) is 5.11 Å². The van der Waals surface area contributed by atoms with Crippen LogP contribution in [-0.4, -0.2) is 17.0 Å². The average molecular weight is 289 g/mol. The summed E-state index contributed by atoms with van der Waals surface area (Å²) in [5.74, 6) is -1.47. The maximum atomic E-state index is 12.2. The molecule has 1 aromatic carbocycles. The third-order valence-corrected chi connectivity index (χ3v) is 4.53. The minimum Gasteiger partial charge on any atom is -0.481 e. The molecule has 0 saturated heterocycles. The first-order valence-electron chi connectivity index (χ1n) is 7.66. The molecule has 1 fully saturated rings. The van der Waals surface area contributed by atoms with Crippen LogP contribution in [0.15, 0.2) is 24.3 Å². The number of hydrogen-bond acceptors (Lipinski definition) is 2. The van der Waals surface area contributed by atoms with Gasteiger partial charge in [-0.1, -0.05) is 32.4 Å². The van der Waals surface area contributed by atoms with Crippen molar-refractivity contribution < 1.29 is 14.7 Å². The van der Waals surface area contributed by atoms with E-state index in [0.717, 1.165) is 18.5 Å². The van der Waals surface area contributed by atoms with Gasteiger partial charge in [-0.3, -0.25) is 9.59 Å². The molecule has 1 saturated carbocycles. The number of carbonyl (C=O) groups is 2. The maximum absolute atomic E-state index is 12.2. The number of aliphatic carboxylic acids is 1. The third-order valence-electron chi connectivity index (χ3n) is 4.53. The van der Waals surface area contributed by atoms with Gasteiger partial charge in [0, 0.05) is 5.69 Å². The van der Waals surface area contributed by atoms with Crippen molar-refractivity contribution in [2.45, 2.75) is 45.4 Å². The van der Waals surface area contributed by atoms with Gasteiger partial charge in [-0.25, -0.2) is 0 Å². The molecule has 4 nitrogen and oxygen atoms in total. The van der Waals surface area contributed by atoms with Crippen molar-refractivity contribution in [3.8, 4) is 0 Å². The molecular weight excluding hydrogens is 266 g/mol. The molecule has 1 aromatic rings. The van der Waals surface area contributed by atoms with Crippen LogP contribution in [0.3, 0.4) is 0 Å². The Hall–Kier alpha value is -1.84. The lowest BCUT2D eigenvalue weighted by atomic mass is 9.95. The lowest BCUT2D eigenvalue weighted by molar-refractivity contribution is -0.145. The standard InChI is InChI=1S/C17H23NO3/c1-3-11(2)12-7-9-13(10-8-12)18-16(19)14-5-4-6-15(14)17(20)21/h7-11,14-15H,3-6H2,1-2H3,(H,18,19)(H,20,21). The van der Waals surface area contributed by atoms with E-state index in [1.165, 1.54) is 5.56 Å². The van der Waals surface area contributed by atoms with E-state index in [1.54, 1.807) is 0 Å². The number of amides is 1. The normalized spacial score (nSPS) is 22.8. The van der Waals surface area contributed by atoms with Crippen molar-refractivity contribution in [3.05, 3.63) is 29.8 Å². The number of carboxylic acid groups (broad SMARTS) is 1. The van der Waals surface area contributed by atoms with E-state index in [0.29, 0.717) is 18.8 Å². The lowest BCUT2D eigenvalue weighted by Crippen LogP contribution is -2.29. The summed E-state index contributed by atoms with van der Waals surface area (Å²) in [6.07, 6.45) is 3.14. The van der Waals surface area contributed by atoms with Gasteiger partial charge in [0.2, 0.25) is 5.91 Å². The van der Waals surface area contributed by atoms with Gasteiger partial charge in [0.1, 0.15) is 0 Å². The highest BCUT2D eigenvalue weighted by Crippen LogP contribution is 2.33. The summed E-state index contributed by atoms with van der Waals surface area (Å²) >= 11 is 0. The molecule has 114 valence electrons. The molecule has 0 spiro atoms. The highest BCUT2D eigenvalue weighted by atomic mass is 16.4. The second-order valence-corrected chi connectivity index (χ2v) is 5.90. The summed E-state index contributed by atoms with van der Waals surface area (Å²) in [6, 6.07) is 7.83. The molecule has 1 aliphatic carbocycles. The fraction of sp³-hybridized carbons (Fsp3) is 0.529. The monoisotopic (exact) mass is 289 g/mol. The van der Waals surface area contributed by atoms with E-state index in [1.807, 2.05) is 24.3 Å². The summed E-state index contributed by atoms with van der Waals surface area (Å²) in [5.41, 5.74) is 1.99.